The largest absolute Gasteiger partial charge is 0.460 e. The molecule has 0 amide bonds. The first kappa shape index (κ1) is 22.8. The van der Waals surface area contributed by atoms with Gasteiger partial charge in [0, 0.05) is 34.2 Å². The summed E-state index contributed by atoms with van der Waals surface area (Å²) in [6.07, 6.45) is 6.30. The lowest BCUT2D eigenvalue weighted by molar-refractivity contribution is 0.546. The first-order valence-corrected chi connectivity index (χ1v) is 12.1. The Morgan fingerprint density at radius 2 is 1.60 bits per heavy atom. The van der Waals surface area contributed by atoms with E-state index in [1.807, 2.05) is 19.1 Å². The summed E-state index contributed by atoms with van der Waals surface area (Å²) in [4.78, 5) is 9.70. The minimum atomic E-state index is 0.676. The van der Waals surface area contributed by atoms with E-state index in [0.717, 1.165) is 52.0 Å². The van der Waals surface area contributed by atoms with E-state index in [9.17, 15) is 0 Å². The van der Waals surface area contributed by atoms with Crippen molar-refractivity contribution < 1.29 is 4.42 Å². The first-order valence-electron chi connectivity index (χ1n) is 12.1. The zero-order chi connectivity index (χ0) is 24.5. The van der Waals surface area contributed by atoms with Gasteiger partial charge in [0.15, 0.2) is 0 Å². The Morgan fingerprint density at radius 3 is 2.43 bits per heavy atom. The van der Waals surface area contributed by atoms with Crippen LogP contribution in [0.15, 0.2) is 87.7 Å². The monoisotopic (exact) mass is 458 g/mol. The van der Waals surface area contributed by atoms with E-state index in [2.05, 4.69) is 88.0 Å². The van der Waals surface area contributed by atoms with E-state index in [1.165, 1.54) is 22.3 Å². The molecule has 1 aromatic heterocycles. The van der Waals surface area contributed by atoms with Crippen LogP contribution in [0.25, 0.3) is 33.9 Å². The van der Waals surface area contributed by atoms with Gasteiger partial charge in [0.1, 0.15) is 17.2 Å². The number of aliphatic imine (C=N–C) groups is 2. The van der Waals surface area contributed by atoms with Crippen molar-refractivity contribution in [3.05, 3.63) is 107 Å². The first-order chi connectivity index (χ1) is 16.9. The zero-order valence-corrected chi connectivity index (χ0v) is 20.9. The second-order valence-electron chi connectivity index (χ2n) is 9.17. The van der Waals surface area contributed by atoms with E-state index in [1.54, 1.807) is 0 Å². The standard InChI is InChI=1S/C32H30N2O/c1-20-12-6-7-14-25(20)31-21(2)13-10-16-26(31)22(3)33-24(5)34-23(4)27-17-11-19-30-32(27)28-15-8-9-18-29(28)35-30/h6-8,10-17,19H,4,9,18H2,1-3,5H3. The quantitative estimate of drug-likeness (QED) is 0.223. The van der Waals surface area contributed by atoms with Crippen LogP contribution in [0.3, 0.4) is 0 Å². The molecule has 1 aliphatic carbocycles. The molecule has 0 N–H and O–H groups in total. The van der Waals surface area contributed by atoms with Gasteiger partial charge in [-0.2, -0.15) is 0 Å². The smallest absolute Gasteiger partial charge is 0.135 e. The van der Waals surface area contributed by atoms with Gasteiger partial charge < -0.3 is 4.42 Å². The molecule has 4 aromatic rings. The molecule has 3 aromatic carbocycles. The SMILES string of the molecule is C=C(N=C(C)N=C(C)c1cccc(C)c1-c1ccccc1C)c1cccc2oc3c(c12)C=CCC3. The predicted molar refractivity (Wildman–Crippen MR) is 149 cm³/mol. The van der Waals surface area contributed by atoms with Gasteiger partial charge in [-0.25, -0.2) is 9.98 Å². The molecule has 0 radical (unpaired) electrons. The molecule has 35 heavy (non-hydrogen) atoms. The number of allylic oxidation sites excluding steroid dienone is 1. The van der Waals surface area contributed by atoms with Crippen LogP contribution in [-0.4, -0.2) is 11.5 Å². The Kier molecular flexibility index (Phi) is 6.08. The molecule has 0 bridgehead atoms. The number of rotatable bonds is 4. The van der Waals surface area contributed by atoms with Crippen LogP contribution in [0.5, 0.6) is 0 Å². The van der Waals surface area contributed by atoms with E-state index >= 15 is 0 Å². The molecule has 0 saturated heterocycles. The lowest BCUT2D eigenvalue weighted by Gasteiger charge is -2.15. The number of hydrogen-bond acceptors (Lipinski definition) is 2. The molecule has 174 valence electrons. The topological polar surface area (TPSA) is 37.9 Å². The summed E-state index contributed by atoms with van der Waals surface area (Å²) < 4.78 is 6.12. The molecule has 5 rings (SSSR count). The van der Waals surface area contributed by atoms with Crippen LogP contribution in [-0.2, 0) is 6.42 Å². The van der Waals surface area contributed by atoms with Gasteiger partial charge in [0.25, 0.3) is 0 Å². The predicted octanol–water partition coefficient (Wildman–Crippen LogP) is 8.57. The molecule has 0 unspecified atom stereocenters. The van der Waals surface area contributed by atoms with Gasteiger partial charge in [-0.1, -0.05) is 73.3 Å². The fourth-order valence-electron chi connectivity index (χ4n) is 5.00. The molecule has 0 spiro atoms. The van der Waals surface area contributed by atoms with E-state index in [4.69, 9.17) is 14.4 Å². The molecular weight excluding hydrogens is 428 g/mol. The van der Waals surface area contributed by atoms with Gasteiger partial charge >= 0.3 is 0 Å². The average Bonchev–Trinajstić information content (AvgIpc) is 3.23. The third-order valence-corrected chi connectivity index (χ3v) is 6.67. The van der Waals surface area contributed by atoms with Crippen molar-refractivity contribution in [1.82, 2.24) is 0 Å². The van der Waals surface area contributed by atoms with Crippen LogP contribution in [0.2, 0.25) is 0 Å². The highest BCUT2D eigenvalue weighted by Gasteiger charge is 2.18. The molecule has 0 aliphatic heterocycles. The maximum Gasteiger partial charge on any atom is 0.135 e. The minimum absolute atomic E-state index is 0.676. The van der Waals surface area contributed by atoms with Crippen molar-refractivity contribution in [2.45, 2.75) is 40.5 Å². The second-order valence-corrected chi connectivity index (χ2v) is 9.17. The summed E-state index contributed by atoms with van der Waals surface area (Å²) in [5.41, 5.74) is 10.7. The highest BCUT2D eigenvalue weighted by molar-refractivity contribution is 6.11. The normalized spacial score (nSPS) is 13.8. The van der Waals surface area contributed by atoms with Crippen LogP contribution in [0.1, 0.15) is 53.8 Å². The van der Waals surface area contributed by atoms with Crippen LogP contribution >= 0.6 is 0 Å². The maximum atomic E-state index is 6.12. The highest BCUT2D eigenvalue weighted by Crippen LogP contribution is 2.36. The molecule has 0 fully saturated rings. The van der Waals surface area contributed by atoms with Gasteiger partial charge in [0.2, 0.25) is 0 Å². The summed E-state index contributed by atoms with van der Waals surface area (Å²) in [5, 5.41) is 1.08. The van der Waals surface area contributed by atoms with Crippen LogP contribution in [0.4, 0.5) is 0 Å². The number of fused-ring (bicyclic) bond motifs is 3. The van der Waals surface area contributed by atoms with Crippen molar-refractivity contribution in [3.63, 3.8) is 0 Å². The Balaban J connectivity index is 1.53. The van der Waals surface area contributed by atoms with Crippen LogP contribution in [0, 0.1) is 13.8 Å². The Hall–Kier alpha value is -3.98. The number of hydrogen-bond donors (Lipinski definition) is 0. The van der Waals surface area contributed by atoms with Gasteiger partial charge in [-0.15, -0.1) is 0 Å². The van der Waals surface area contributed by atoms with Gasteiger partial charge in [0.05, 0.1) is 5.70 Å². The number of aryl methyl sites for hydroxylation is 3. The molecule has 3 heteroatoms. The van der Waals surface area contributed by atoms with Gasteiger partial charge in [-0.05, 0) is 62.4 Å². The van der Waals surface area contributed by atoms with Crippen molar-refractivity contribution in [3.8, 4) is 11.1 Å². The minimum Gasteiger partial charge on any atom is -0.460 e. The summed E-state index contributed by atoms with van der Waals surface area (Å²) in [6, 6.07) is 21.0. The Bertz CT molecular complexity index is 1550. The average molecular weight is 459 g/mol. The third-order valence-electron chi connectivity index (χ3n) is 6.67. The lowest BCUT2D eigenvalue weighted by Crippen LogP contribution is -2.03. The van der Waals surface area contributed by atoms with Crippen molar-refractivity contribution in [1.29, 1.82) is 0 Å². The van der Waals surface area contributed by atoms with Crippen molar-refractivity contribution in [2.24, 2.45) is 9.98 Å². The van der Waals surface area contributed by atoms with E-state index in [0.29, 0.717) is 11.5 Å². The fourth-order valence-corrected chi connectivity index (χ4v) is 5.00. The Labute approximate surface area is 207 Å². The highest BCUT2D eigenvalue weighted by atomic mass is 16.3. The molecule has 1 aliphatic rings. The second kappa shape index (κ2) is 9.34. The van der Waals surface area contributed by atoms with E-state index < -0.39 is 0 Å². The Morgan fingerprint density at radius 1 is 0.857 bits per heavy atom. The van der Waals surface area contributed by atoms with Crippen LogP contribution < -0.4 is 0 Å². The summed E-state index contributed by atoms with van der Waals surface area (Å²) in [7, 11) is 0. The molecular formula is C32H30N2O. The van der Waals surface area contributed by atoms with Crippen molar-refractivity contribution >= 4 is 34.3 Å². The van der Waals surface area contributed by atoms with E-state index in [-0.39, 0.29) is 0 Å². The number of nitrogens with zero attached hydrogens (tertiary/aromatic N) is 2. The fraction of sp³-hybridized carbons (Fsp3) is 0.188. The maximum absolute atomic E-state index is 6.12. The number of amidine groups is 1. The van der Waals surface area contributed by atoms with Gasteiger partial charge in [-0.3, -0.25) is 0 Å². The third kappa shape index (κ3) is 4.30. The molecule has 3 nitrogen and oxygen atoms in total. The molecule has 0 atom stereocenters. The molecule has 0 saturated carbocycles. The summed E-state index contributed by atoms with van der Waals surface area (Å²) >= 11 is 0. The number of furan rings is 1. The van der Waals surface area contributed by atoms with Crippen molar-refractivity contribution in [2.75, 3.05) is 0 Å². The molecule has 1 heterocycles. The summed E-state index contributed by atoms with van der Waals surface area (Å²) in [6.45, 7) is 12.6. The zero-order valence-electron chi connectivity index (χ0n) is 20.9. The number of benzene rings is 3. The lowest BCUT2D eigenvalue weighted by atomic mass is 9.90. The summed E-state index contributed by atoms with van der Waals surface area (Å²) in [5.74, 6) is 1.72.